The van der Waals surface area contributed by atoms with Crippen LogP contribution in [0.2, 0.25) is 0 Å². The Hall–Kier alpha value is -2.80. The number of anilines is 2. The van der Waals surface area contributed by atoms with Crippen LogP contribution in [0.5, 0.6) is 0 Å². The minimum Gasteiger partial charge on any atom is -0.361 e. The second kappa shape index (κ2) is 6.98. The molecule has 0 fully saturated rings. The van der Waals surface area contributed by atoms with Crippen molar-refractivity contribution in [3.05, 3.63) is 60.3 Å². The smallest absolute Gasteiger partial charge is 0.229 e. The lowest BCUT2D eigenvalue weighted by Gasteiger charge is -2.11. The maximum absolute atomic E-state index is 12.3. The molecule has 3 aromatic rings. The highest BCUT2D eigenvalue weighted by Crippen LogP contribution is 2.23. The predicted molar refractivity (Wildman–Crippen MR) is 100 cm³/mol. The third kappa shape index (κ3) is 4.39. The van der Waals surface area contributed by atoms with Crippen LogP contribution in [-0.2, 0) is 21.2 Å². The molecule has 0 radical (unpaired) electrons. The highest BCUT2D eigenvalue weighted by Gasteiger charge is 2.11. The fraction of sp³-hybridized carbons (Fsp3) is 0.167. The van der Waals surface area contributed by atoms with E-state index in [1.165, 1.54) is 0 Å². The summed E-state index contributed by atoms with van der Waals surface area (Å²) in [5, 5.41) is 3.87. The summed E-state index contributed by atoms with van der Waals surface area (Å²) in [4.78, 5) is 15.5. The zero-order valence-electron chi connectivity index (χ0n) is 13.7. The first-order valence-electron chi connectivity index (χ1n) is 7.84. The molecule has 2 aromatic carbocycles. The van der Waals surface area contributed by atoms with Gasteiger partial charge in [-0.2, -0.15) is 0 Å². The van der Waals surface area contributed by atoms with Crippen molar-refractivity contribution in [3.63, 3.8) is 0 Å². The molecular weight excluding hydrogens is 338 g/mol. The Kier molecular flexibility index (Phi) is 4.76. The van der Waals surface area contributed by atoms with Gasteiger partial charge in [0.25, 0.3) is 0 Å². The lowest BCUT2D eigenvalue weighted by Crippen LogP contribution is -2.16. The van der Waals surface area contributed by atoms with Gasteiger partial charge in [-0.25, -0.2) is 8.42 Å². The fourth-order valence-corrected chi connectivity index (χ4v) is 3.26. The average Bonchev–Trinajstić information content (AvgIpc) is 2.97. The zero-order valence-corrected chi connectivity index (χ0v) is 14.6. The Morgan fingerprint density at radius 3 is 2.48 bits per heavy atom. The fourth-order valence-electron chi connectivity index (χ4n) is 2.68. The molecule has 130 valence electrons. The number of fused-ring (bicyclic) bond motifs is 1. The van der Waals surface area contributed by atoms with Crippen molar-refractivity contribution in [3.8, 4) is 0 Å². The van der Waals surface area contributed by atoms with Crippen LogP contribution in [-0.4, -0.2) is 25.6 Å². The Bertz CT molecular complexity index is 1010. The molecule has 0 saturated carbocycles. The molecule has 3 N–H and O–H groups in total. The molecule has 0 aliphatic carbocycles. The van der Waals surface area contributed by atoms with Gasteiger partial charge in [-0.15, -0.1) is 0 Å². The van der Waals surface area contributed by atoms with Crippen molar-refractivity contribution >= 4 is 38.2 Å². The first-order valence-corrected chi connectivity index (χ1v) is 9.73. The van der Waals surface area contributed by atoms with Crippen molar-refractivity contribution in [1.29, 1.82) is 0 Å². The molecule has 0 spiro atoms. The van der Waals surface area contributed by atoms with Crippen LogP contribution in [0.15, 0.2) is 54.7 Å². The van der Waals surface area contributed by atoms with Gasteiger partial charge in [-0.3, -0.25) is 9.52 Å². The zero-order chi connectivity index (χ0) is 17.9. The SMILES string of the molecule is CS(=O)(=O)Nc1ccccc1NC(=O)CCc1c[nH]c2ccccc12. The van der Waals surface area contributed by atoms with Gasteiger partial charge in [0, 0.05) is 23.5 Å². The van der Waals surface area contributed by atoms with Gasteiger partial charge in [-0.1, -0.05) is 30.3 Å². The molecule has 0 unspecified atom stereocenters. The molecule has 1 amide bonds. The van der Waals surface area contributed by atoms with Crippen LogP contribution in [0, 0.1) is 0 Å². The van der Waals surface area contributed by atoms with E-state index in [-0.39, 0.29) is 5.91 Å². The minimum atomic E-state index is -3.41. The van der Waals surface area contributed by atoms with Crippen molar-refractivity contribution in [2.45, 2.75) is 12.8 Å². The Balaban J connectivity index is 1.67. The number of benzene rings is 2. The van der Waals surface area contributed by atoms with Crippen molar-refractivity contribution in [1.82, 2.24) is 4.98 Å². The van der Waals surface area contributed by atoms with Gasteiger partial charge >= 0.3 is 0 Å². The van der Waals surface area contributed by atoms with Crippen LogP contribution >= 0.6 is 0 Å². The number of aromatic amines is 1. The molecular formula is C18H19N3O3S. The van der Waals surface area contributed by atoms with Gasteiger partial charge in [0.05, 0.1) is 17.6 Å². The van der Waals surface area contributed by atoms with Crippen molar-refractivity contribution < 1.29 is 13.2 Å². The van der Waals surface area contributed by atoms with E-state index in [1.54, 1.807) is 24.3 Å². The van der Waals surface area contributed by atoms with Gasteiger partial charge in [-0.05, 0) is 30.2 Å². The second-order valence-electron chi connectivity index (χ2n) is 5.83. The van der Waals surface area contributed by atoms with Crippen molar-refractivity contribution in [2.24, 2.45) is 0 Å². The summed E-state index contributed by atoms with van der Waals surface area (Å²) >= 11 is 0. The molecule has 0 saturated heterocycles. The second-order valence-corrected chi connectivity index (χ2v) is 7.58. The summed E-state index contributed by atoms with van der Waals surface area (Å²) in [6.45, 7) is 0. The van der Waals surface area contributed by atoms with Crippen LogP contribution in [0.4, 0.5) is 11.4 Å². The topological polar surface area (TPSA) is 91.1 Å². The molecule has 1 aromatic heterocycles. The lowest BCUT2D eigenvalue weighted by molar-refractivity contribution is -0.116. The lowest BCUT2D eigenvalue weighted by atomic mass is 10.1. The van der Waals surface area contributed by atoms with Gasteiger partial charge < -0.3 is 10.3 Å². The number of rotatable bonds is 6. The van der Waals surface area contributed by atoms with E-state index in [1.807, 2.05) is 30.5 Å². The number of carbonyl (C=O) groups is 1. The largest absolute Gasteiger partial charge is 0.361 e. The number of H-pyrrole nitrogens is 1. The molecule has 1 heterocycles. The third-order valence-electron chi connectivity index (χ3n) is 3.79. The summed E-state index contributed by atoms with van der Waals surface area (Å²) in [5.41, 5.74) is 2.91. The summed E-state index contributed by atoms with van der Waals surface area (Å²) < 4.78 is 25.2. The quantitative estimate of drug-likeness (QED) is 0.633. The minimum absolute atomic E-state index is 0.173. The van der Waals surface area contributed by atoms with Gasteiger partial charge in [0.15, 0.2) is 0 Å². The number of hydrogen-bond donors (Lipinski definition) is 3. The highest BCUT2D eigenvalue weighted by atomic mass is 32.2. The Labute approximate surface area is 146 Å². The number of hydrogen-bond acceptors (Lipinski definition) is 3. The first kappa shape index (κ1) is 17.0. The molecule has 0 atom stereocenters. The Morgan fingerprint density at radius 2 is 1.72 bits per heavy atom. The van der Waals surface area contributed by atoms with Crippen LogP contribution in [0.3, 0.4) is 0 Å². The van der Waals surface area contributed by atoms with E-state index in [4.69, 9.17) is 0 Å². The van der Waals surface area contributed by atoms with E-state index < -0.39 is 10.0 Å². The summed E-state index contributed by atoms with van der Waals surface area (Å²) in [6, 6.07) is 14.6. The first-order chi connectivity index (χ1) is 11.9. The monoisotopic (exact) mass is 357 g/mol. The molecule has 6 nitrogen and oxygen atoms in total. The summed E-state index contributed by atoms with van der Waals surface area (Å²) in [6.07, 6.45) is 3.88. The van der Waals surface area contributed by atoms with E-state index >= 15 is 0 Å². The summed E-state index contributed by atoms with van der Waals surface area (Å²) in [7, 11) is -3.41. The molecule has 3 rings (SSSR count). The van der Waals surface area contributed by atoms with E-state index in [0.29, 0.717) is 24.2 Å². The molecule has 0 bridgehead atoms. The maximum Gasteiger partial charge on any atom is 0.229 e. The van der Waals surface area contributed by atoms with E-state index in [2.05, 4.69) is 15.0 Å². The number of sulfonamides is 1. The number of amides is 1. The molecule has 0 aliphatic heterocycles. The number of nitrogens with one attached hydrogen (secondary N) is 3. The summed E-state index contributed by atoms with van der Waals surface area (Å²) in [5.74, 6) is -0.173. The number of para-hydroxylation sites is 3. The van der Waals surface area contributed by atoms with Crippen LogP contribution < -0.4 is 10.0 Å². The van der Waals surface area contributed by atoms with Crippen LogP contribution in [0.1, 0.15) is 12.0 Å². The number of aromatic nitrogens is 1. The predicted octanol–water partition coefficient (Wildman–Crippen LogP) is 3.11. The molecule has 7 heteroatoms. The number of aryl methyl sites for hydroxylation is 1. The Morgan fingerprint density at radius 1 is 1.04 bits per heavy atom. The average molecular weight is 357 g/mol. The molecule has 25 heavy (non-hydrogen) atoms. The van der Waals surface area contributed by atoms with Crippen molar-refractivity contribution in [2.75, 3.05) is 16.3 Å². The maximum atomic E-state index is 12.3. The standard InChI is InChI=1S/C18H19N3O3S/c1-25(23,24)21-17-9-5-4-8-16(17)20-18(22)11-10-13-12-19-15-7-3-2-6-14(13)15/h2-9,12,19,21H,10-11H2,1H3,(H,20,22). The van der Waals surface area contributed by atoms with E-state index in [0.717, 1.165) is 22.7 Å². The van der Waals surface area contributed by atoms with Crippen LogP contribution in [0.25, 0.3) is 10.9 Å². The van der Waals surface area contributed by atoms with E-state index in [9.17, 15) is 13.2 Å². The normalized spacial score (nSPS) is 11.4. The molecule has 0 aliphatic rings. The van der Waals surface area contributed by atoms with Gasteiger partial charge in [0.1, 0.15) is 0 Å². The third-order valence-corrected chi connectivity index (χ3v) is 4.38. The number of carbonyl (C=O) groups excluding carboxylic acids is 1. The highest BCUT2D eigenvalue weighted by molar-refractivity contribution is 7.92. The van der Waals surface area contributed by atoms with Gasteiger partial charge in [0.2, 0.25) is 15.9 Å².